The molecule has 1 heterocycles. The van der Waals surface area contributed by atoms with Crippen LogP contribution in [0.25, 0.3) is 11.1 Å². The molecular formula is C29H40N6O5. The molecule has 0 saturated heterocycles. The van der Waals surface area contributed by atoms with Gasteiger partial charge in [0.2, 0.25) is 17.7 Å². The maximum Gasteiger partial charge on any atom is 0.243 e. The monoisotopic (exact) mass is 552 g/mol. The zero-order valence-corrected chi connectivity index (χ0v) is 22.6. The molecule has 3 amide bonds. The van der Waals surface area contributed by atoms with Crippen LogP contribution in [-0.2, 0) is 27.2 Å². The summed E-state index contributed by atoms with van der Waals surface area (Å²) in [5.41, 5.74) is 20.5. The Balaban J connectivity index is 1.73. The molecule has 1 saturated carbocycles. The molecule has 0 spiro atoms. The standard InChI is InChI=1S/C29H40N6O5/c30-11-3-6-23-28(39)35-24(29(40)33-22-5-2-1-4-20(22)31)15-19-13-17(8-10-26(19)37)16-7-9-25(36)18(12-16)14-21(32)27(38)34-23/h7-10,12-13,20-24,36-37H,1-6,11,14-15,30-32H2,(H,33,40)(H,34,38)(H,35,39)/t20-,21+,22-,23+,24+/m1/s1. The molecule has 2 aliphatic rings. The lowest BCUT2D eigenvalue weighted by molar-refractivity contribution is -0.132. The van der Waals surface area contributed by atoms with Gasteiger partial charge in [-0.25, -0.2) is 0 Å². The molecule has 1 fully saturated rings. The number of carbonyl (C=O) groups excluding carboxylic acids is 3. The average molecular weight is 553 g/mol. The second kappa shape index (κ2) is 13.1. The van der Waals surface area contributed by atoms with Crippen LogP contribution >= 0.6 is 0 Å². The molecule has 11 heteroatoms. The van der Waals surface area contributed by atoms with Crippen molar-refractivity contribution >= 4 is 17.7 Å². The Morgan fingerprint density at radius 3 is 2.15 bits per heavy atom. The summed E-state index contributed by atoms with van der Waals surface area (Å²) >= 11 is 0. The molecule has 2 aromatic rings. The molecule has 4 bridgehead atoms. The van der Waals surface area contributed by atoms with Gasteiger partial charge in [-0.2, -0.15) is 0 Å². The van der Waals surface area contributed by atoms with Crippen molar-refractivity contribution in [2.24, 2.45) is 17.2 Å². The molecule has 5 atom stereocenters. The lowest BCUT2D eigenvalue weighted by Crippen LogP contribution is -2.59. The second-order valence-electron chi connectivity index (χ2n) is 10.8. The molecule has 1 aliphatic carbocycles. The number of fused-ring (bicyclic) bond motifs is 5. The quantitative estimate of drug-likeness (QED) is 0.258. The Hall–Kier alpha value is -3.67. The zero-order valence-electron chi connectivity index (χ0n) is 22.6. The molecule has 216 valence electrons. The van der Waals surface area contributed by atoms with Gasteiger partial charge < -0.3 is 43.4 Å². The van der Waals surface area contributed by atoms with Crippen LogP contribution in [0.3, 0.4) is 0 Å². The third-order valence-electron chi connectivity index (χ3n) is 7.80. The number of nitrogens with two attached hydrogens (primary N) is 3. The number of phenols is 2. The predicted octanol–water partition coefficient (Wildman–Crippen LogP) is 0.285. The van der Waals surface area contributed by atoms with Crippen LogP contribution in [0.5, 0.6) is 11.5 Å². The zero-order chi connectivity index (χ0) is 28.8. The molecule has 4 rings (SSSR count). The summed E-state index contributed by atoms with van der Waals surface area (Å²) in [7, 11) is 0. The highest BCUT2D eigenvalue weighted by molar-refractivity contribution is 5.93. The van der Waals surface area contributed by atoms with Crippen molar-refractivity contribution in [1.29, 1.82) is 0 Å². The summed E-state index contributed by atoms with van der Waals surface area (Å²) in [6.45, 7) is 0.302. The SMILES string of the molecule is NCCC[C@@H]1NC(=O)[C@@H](N)Cc2cc(ccc2O)-c2ccc(O)c(c2)C[C@@H](C(=O)N[C@@H]2CCCC[C@H]2N)NC1=O. The normalized spacial score (nSPS) is 25.6. The number of hydrogen-bond acceptors (Lipinski definition) is 8. The van der Waals surface area contributed by atoms with E-state index in [2.05, 4.69) is 16.0 Å². The third kappa shape index (κ3) is 7.09. The van der Waals surface area contributed by atoms with Gasteiger partial charge in [-0.3, -0.25) is 14.4 Å². The van der Waals surface area contributed by atoms with Crippen molar-refractivity contribution in [2.75, 3.05) is 6.54 Å². The Bertz CT molecular complexity index is 1240. The topological polar surface area (TPSA) is 206 Å². The van der Waals surface area contributed by atoms with Crippen LogP contribution in [0.4, 0.5) is 0 Å². The first-order valence-electron chi connectivity index (χ1n) is 13.9. The van der Waals surface area contributed by atoms with Crippen molar-refractivity contribution < 1.29 is 24.6 Å². The number of phenolic OH excluding ortho intramolecular Hbond substituents is 2. The lowest BCUT2D eigenvalue weighted by Gasteiger charge is -2.31. The van der Waals surface area contributed by atoms with Crippen molar-refractivity contribution in [3.8, 4) is 22.6 Å². The minimum absolute atomic E-state index is 0.00121. The van der Waals surface area contributed by atoms with Crippen molar-refractivity contribution in [1.82, 2.24) is 16.0 Å². The number of carbonyl (C=O) groups is 3. The van der Waals surface area contributed by atoms with E-state index >= 15 is 0 Å². The summed E-state index contributed by atoms with van der Waals surface area (Å²) in [6.07, 6.45) is 4.21. The van der Waals surface area contributed by atoms with E-state index < -0.39 is 35.8 Å². The third-order valence-corrected chi connectivity index (χ3v) is 7.80. The highest BCUT2D eigenvalue weighted by atomic mass is 16.3. The Labute approximate surface area is 233 Å². The highest BCUT2D eigenvalue weighted by Crippen LogP contribution is 2.31. The van der Waals surface area contributed by atoms with E-state index in [0.29, 0.717) is 24.1 Å². The number of amides is 3. The summed E-state index contributed by atoms with van der Waals surface area (Å²) in [5, 5.41) is 29.7. The van der Waals surface area contributed by atoms with Crippen LogP contribution in [0, 0.1) is 0 Å². The first-order valence-corrected chi connectivity index (χ1v) is 13.9. The van der Waals surface area contributed by atoms with Crippen LogP contribution in [-0.4, -0.2) is 64.7 Å². The number of rotatable bonds is 5. The second-order valence-corrected chi connectivity index (χ2v) is 10.8. The fourth-order valence-electron chi connectivity index (χ4n) is 5.38. The first kappa shape index (κ1) is 29.3. The Kier molecular flexibility index (Phi) is 9.62. The predicted molar refractivity (Wildman–Crippen MR) is 151 cm³/mol. The largest absolute Gasteiger partial charge is 0.508 e. The lowest BCUT2D eigenvalue weighted by atomic mass is 9.90. The number of aromatic hydroxyl groups is 2. The van der Waals surface area contributed by atoms with E-state index in [4.69, 9.17) is 17.2 Å². The number of hydrogen-bond donors (Lipinski definition) is 8. The van der Waals surface area contributed by atoms with Gasteiger partial charge in [-0.05, 0) is 78.7 Å². The van der Waals surface area contributed by atoms with Crippen LogP contribution in [0.1, 0.15) is 49.7 Å². The summed E-state index contributed by atoms with van der Waals surface area (Å²) < 4.78 is 0. The maximum atomic E-state index is 13.6. The molecule has 40 heavy (non-hydrogen) atoms. The van der Waals surface area contributed by atoms with E-state index in [-0.39, 0.29) is 42.8 Å². The summed E-state index contributed by atoms with van der Waals surface area (Å²) in [6, 6.07) is 6.50. The molecule has 2 aromatic carbocycles. The highest BCUT2D eigenvalue weighted by Gasteiger charge is 2.32. The number of nitrogens with one attached hydrogen (secondary N) is 3. The van der Waals surface area contributed by atoms with Crippen LogP contribution < -0.4 is 33.2 Å². The summed E-state index contributed by atoms with van der Waals surface area (Å²) in [5.74, 6) is -1.58. The van der Waals surface area contributed by atoms with Gasteiger partial charge in [0, 0.05) is 24.9 Å². The van der Waals surface area contributed by atoms with Gasteiger partial charge in [0.25, 0.3) is 0 Å². The molecule has 11 nitrogen and oxygen atoms in total. The first-order chi connectivity index (χ1) is 19.2. The fraction of sp³-hybridized carbons (Fsp3) is 0.483. The van der Waals surface area contributed by atoms with Crippen molar-refractivity contribution in [3.05, 3.63) is 47.5 Å². The maximum absolute atomic E-state index is 13.6. The van der Waals surface area contributed by atoms with E-state index in [1.54, 1.807) is 24.3 Å². The van der Waals surface area contributed by atoms with Gasteiger partial charge in [-0.1, -0.05) is 25.0 Å². The Morgan fingerprint density at radius 2 is 1.52 bits per heavy atom. The van der Waals surface area contributed by atoms with Gasteiger partial charge in [0.15, 0.2) is 0 Å². The molecule has 0 aromatic heterocycles. The fourth-order valence-corrected chi connectivity index (χ4v) is 5.38. The van der Waals surface area contributed by atoms with Crippen LogP contribution in [0.15, 0.2) is 36.4 Å². The van der Waals surface area contributed by atoms with E-state index in [9.17, 15) is 24.6 Å². The van der Waals surface area contributed by atoms with Crippen molar-refractivity contribution in [2.45, 2.75) is 81.6 Å². The van der Waals surface area contributed by atoms with E-state index in [1.165, 1.54) is 12.1 Å². The van der Waals surface area contributed by atoms with E-state index in [0.717, 1.165) is 36.8 Å². The van der Waals surface area contributed by atoms with Gasteiger partial charge in [-0.15, -0.1) is 0 Å². The van der Waals surface area contributed by atoms with Crippen LogP contribution in [0.2, 0.25) is 0 Å². The Morgan fingerprint density at radius 1 is 0.900 bits per heavy atom. The molecular weight excluding hydrogens is 512 g/mol. The minimum atomic E-state index is -1.05. The van der Waals surface area contributed by atoms with Gasteiger partial charge in [0.1, 0.15) is 23.6 Å². The van der Waals surface area contributed by atoms with Gasteiger partial charge >= 0.3 is 0 Å². The van der Waals surface area contributed by atoms with E-state index in [1.807, 2.05) is 0 Å². The van der Waals surface area contributed by atoms with Gasteiger partial charge in [0.05, 0.1) is 6.04 Å². The van der Waals surface area contributed by atoms with Crippen molar-refractivity contribution in [3.63, 3.8) is 0 Å². The summed E-state index contributed by atoms with van der Waals surface area (Å²) in [4.78, 5) is 40.1. The molecule has 11 N–H and O–H groups in total. The molecule has 1 aliphatic heterocycles. The minimum Gasteiger partial charge on any atom is -0.508 e. The molecule has 0 radical (unpaired) electrons. The number of benzene rings is 2. The average Bonchev–Trinajstić information content (AvgIpc) is 2.93. The molecule has 0 unspecified atom stereocenters. The smallest absolute Gasteiger partial charge is 0.243 e.